The Morgan fingerprint density at radius 1 is 1.53 bits per heavy atom. The van der Waals surface area contributed by atoms with E-state index in [2.05, 4.69) is 0 Å². The Labute approximate surface area is 99.4 Å². The summed E-state index contributed by atoms with van der Waals surface area (Å²) in [5.41, 5.74) is 5.95. The molecule has 1 aromatic carbocycles. The van der Waals surface area contributed by atoms with E-state index in [4.69, 9.17) is 5.73 Å². The van der Waals surface area contributed by atoms with Crippen molar-refractivity contribution in [3.8, 4) is 5.75 Å². The van der Waals surface area contributed by atoms with E-state index in [1.54, 1.807) is 0 Å². The van der Waals surface area contributed by atoms with Gasteiger partial charge in [-0.15, -0.1) is 0 Å². The number of nitrogens with zero attached hydrogens (tertiary/aromatic N) is 1. The second-order valence-corrected chi connectivity index (χ2v) is 5.31. The van der Waals surface area contributed by atoms with E-state index in [0.717, 1.165) is 6.42 Å². The number of nitro groups is 1. The van der Waals surface area contributed by atoms with Gasteiger partial charge in [-0.3, -0.25) is 10.1 Å². The molecule has 3 N–H and O–H groups in total. The van der Waals surface area contributed by atoms with Gasteiger partial charge in [0.15, 0.2) is 0 Å². The molecule has 1 aliphatic carbocycles. The lowest BCUT2D eigenvalue weighted by molar-refractivity contribution is -0.385. The van der Waals surface area contributed by atoms with E-state index in [1.165, 1.54) is 18.2 Å². The summed E-state index contributed by atoms with van der Waals surface area (Å²) in [5.74, 6) is 0.0427. The fraction of sp³-hybridized carbons (Fsp3) is 0.500. The van der Waals surface area contributed by atoms with Gasteiger partial charge in [0.2, 0.25) is 0 Å². The molecule has 0 heterocycles. The van der Waals surface area contributed by atoms with E-state index in [0.29, 0.717) is 12.1 Å². The Kier molecular flexibility index (Phi) is 2.39. The number of hydrogen-bond acceptors (Lipinski definition) is 4. The number of benzene rings is 1. The van der Waals surface area contributed by atoms with E-state index in [-0.39, 0.29) is 22.3 Å². The number of phenols is 1. The van der Waals surface area contributed by atoms with Crippen LogP contribution in [0.5, 0.6) is 5.75 Å². The molecule has 1 saturated carbocycles. The highest BCUT2D eigenvalue weighted by Gasteiger charge is 2.63. The van der Waals surface area contributed by atoms with Crippen LogP contribution in [0.3, 0.4) is 0 Å². The Bertz CT molecular complexity index is 485. The van der Waals surface area contributed by atoms with E-state index >= 15 is 0 Å². The second-order valence-electron chi connectivity index (χ2n) is 5.31. The van der Waals surface area contributed by atoms with Crippen molar-refractivity contribution in [3.05, 3.63) is 33.9 Å². The average Bonchev–Trinajstić information content (AvgIpc) is 2.81. The van der Waals surface area contributed by atoms with E-state index in [9.17, 15) is 15.2 Å². The lowest BCUT2D eigenvalue weighted by Gasteiger charge is -2.19. The Morgan fingerprint density at radius 2 is 2.12 bits per heavy atom. The molecule has 0 aliphatic heterocycles. The van der Waals surface area contributed by atoms with Gasteiger partial charge in [-0.1, -0.05) is 13.8 Å². The summed E-state index contributed by atoms with van der Waals surface area (Å²) in [6.07, 6.45) is 0.806. The maximum atomic E-state index is 11.0. The fourth-order valence-corrected chi connectivity index (χ4v) is 2.69. The molecule has 0 bridgehead atoms. The van der Waals surface area contributed by atoms with Gasteiger partial charge in [-0.25, -0.2) is 0 Å². The molecule has 5 nitrogen and oxygen atoms in total. The molecule has 1 atom stereocenters. The van der Waals surface area contributed by atoms with Gasteiger partial charge in [0.1, 0.15) is 5.75 Å². The van der Waals surface area contributed by atoms with Gasteiger partial charge in [0, 0.05) is 23.6 Å². The van der Waals surface area contributed by atoms with Crippen LogP contribution in [-0.4, -0.2) is 16.6 Å². The molecule has 1 aliphatic rings. The highest BCUT2D eigenvalue weighted by molar-refractivity contribution is 5.54. The maximum absolute atomic E-state index is 11.0. The molecule has 0 spiro atoms. The zero-order valence-electron chi connectivity index (χ0n) is 9.93. The summed E-state index contributed by atoms with van der Waals surface area (Å²) >= 11 is 0. The molecule has 0 amide bonds. The molecule has 1 aromatic rings. The second kappa shape index (κ2) is 3.43. The fourth-order valence-electron chi connectivity index (χ4n) is 2.69. The highest BCUT2D eigenvalue weighted by Crippen LogP contribution is 2.65. The van der Waals surface area contributed by atoms with Gasteiger partial charge in [0.05, 0.1) is 4.92 Å². The third kappa shape index (κ3) is 1.58. The van der Waals surface area contributed by atoms with Crippen LogP contribution in [0, 0.1) is 15.5 Å². The van der Waals surface area contributed by atoms with Crippen molar-refractivity contribution in [2.75, 3.05) is 6.54 Å². The van der Waals surface area contributed by atoms with Crippen molar-refractivity contribution < 1.29 is 10.0 Å². The number of nitrogens with two attached hydrogens (primary N) is 1. The largest absolute Gasteiger partial charge is 0.508 e. The summed E-state index contributed by atoms with van der Waals surface area (Å²) in [6, 6.07) is 4.15. The molecule has 5 heteroatoms. The van der Waals surface area contributed by atoms with Gasteiger partial charge in [0.25, 0.3) is 5.69 Å². The van der Waals surface area contributed by atoms with Crippen molar-refractivity contribution >= 4 is 5.69 Å². The van der Waals surface area contributed by atoms with Gasteiger partial charge < -0.3 is 10.8 Å². The smallest absolute Gasteiger partial charge is 0.273 e. The number of nitro benzene ring substituents is 1. The Balaban J connectivity index is 2.59. The number of aromatic hydroxyl groups is 1. The zero-order valence-corrected chi connectivity index (χ0v) is 9.93. The van der Waals surface area contributed by atoms with Crippen molar-refractivity contribution in [2.24, 2.45) is 11.1 Å². The van der Waals surface area contributed by atoms with Crippen LogP contribution in [0.1, 0.15) is 25.8 Å². The summed E-state index contributed by atoms with van der Waals surface area (Å²) < 4.78 is 0. The minimum atomic E-state index is -0.416. The summed E-state index contributed by atoms with van der Waals surface area (Å²) in [4.78, 5) is 10.6. The maximum Gasteiger partial charge on any atom is 0.273 e. The predicted octanol–water partition coefficient (Wildman–Crippen LogP) is 1.93. The SMILES string of the molecule is CC1(C)CC1(CN)c1cc(O)ccc1[N+](=O)[O-]. The van der Waals surface area contributed by atoms with Gasteiger partial charge in [-0.05, 0) is 24.0 Å². The summed E-state index contributed by atoms with van der Waals surface area (Å²) in [5, 5.41) is 20.5. The van der Waals surface area contributed by atoms with Crippen LogP contribution < -0.4 is 5.73 Å². The summed E-state index contributed by atoms with van der Waals surface area (Å²) in [7, 11) is 0. The van der Waals surface area contributed by atoms with Crippen LogP contribution in [0.4, 0.5) is 5.69 Å². The molecule has 1 unspecified atom stereocenters. The minimum Gasteiger partial charge on any atom is -0.508 e. The molecule has 0 radical (unpaired) electrons. The molecule has 1 fully saturated rings. The van der Waals surface area contributed by atoms with Crippen LogP contribution in [0.2, 0.25) is 0 Å². The molecular weight excluding hydrogens is 220 g/mol. The van der Waals surface area contributed by atoms with Crippen molar-refractivity contribution in [1.82, 2.24) is 0 Å². The minimum absolute atomic E-state index is 0.0406. The first-order valence-electron chi connectivity index (χ1n) is 5.52. The lowest BCUT2D eigenvalue weighted by atomic mass is 9.86. The third-order valence-electron chi connectivity index (χ3n) is 3.96. The molecule has 2 rings (SSSR count). The van der Waals surface area contributed by atoms with Crippen LogP contribution in [0.25, 0.3) is 0 Å². The number of hydrogen-bond donors (Lipinski definition) is 2. The number of rotatable bonds is 3. The molecule has 0 aromatic heterocycles. The van der Waals surface area contributed by atoms with Crippen molar-refractivity contribution in [2.45, 2.75) is 25.7 Å². The van der Waals surface area contributed by atoms with Gasteiger partial charge in [-0.2, -0.15) is 0 Å². The third-order valence-corrected chi connectivity index (χ3v) is 3.96. The first-order valence-corrected chi connectivity index (χ1v) is 5.52. The van der Waals surface area contributed by atoms with E-state index in [1.807, 2.05) is 13.8 Å². The van der Waals surface area contributed by atoms with Gasteiger partial charge >= 0.3 is 0 Å². The first kappa shape index (κ1) is 11.9. The monoisotopic (exact) mass is 236 g/mol. The first-order chi connectivity index (χ1) is 7.84. The topological polar surface area (TPSA) is 89.4 Å². The molecule has 17 heavy (non-hydrogen) atoms. The van der Waals surface area contributed by atoms with Crippen molar-refractivity contribution in [3.63, 3.8) is 0 Å². The average molecular weight is 236 g/mol. The Morgan fingerprint density at radius 3 is 2.53 bits per heavy atom. The normalized spacial score (nSPS) is 25.6. The van der Waals surface area contributed by atoms with Crippen molar-refractivity contribution in [1.29, 1.82) is 0 Å². The highest BCUT2D eigenvalue weighted by atomic mass is 16.6. The molecule has 92 valence electrons. The standard InChI is InChI=1S/C12H16N2O3/c1-11(2)6-12(11,7-13)9-5-8(15)3-4-10(9)14(16)17/h3-5,15H,6-7,13H2,1-2H3. The predicted molar refractivity (Wildman–Crippen MR) is 63.9 cm³/mol. The Hall–Kier alpha value is -1.62. The van der Waals surface area contributed by atoms with Crippen LogP contribution >= 0.6 is 0 Å². The quantitative estimate of drug-likeness (QED) is 0.619. The van der Waals surface area contributed by atoms with Crippen LogP contribution in [-0.2, 0) is 5.41 Å². The zero-order chi connectivity index (χ0) is 12.8. The van der Waals surface area contributed by atoms with E-state index < -0.39 is 4.92 Å². The molecule has 0 saturated heterocycles. The molecular formula is C12H16N2O3. The number of phenolic OH excluding ortho intramolecular Hbond substituents is 1. The van der Waals surface area contributed by atoms with Crippen LogP contribution in [0.15, 0.2) is 18.2 Å². The summed E-state index contributed by atoms with van der Waals surface area (Å²) in [6.45, 7) is 4.42. The lowest BCUT2D eigenvalue weighted by Crippen LogP contribution is -2.26.